The second-order valence-corrected chi connectivity index (χ2v) is 4.83. The molecule has 0 aromatic heterocycles. The molecule has 98 valence electrons. The summed E-state index contributed by atoms with van der Waals surface area (Å²) in [5, 5.41) is 3.76. The highest BCUT2D eigenvalue weighted by atomic mass is 16.2. The first-order chi connectivity index (χ1) is 8.49. The Morgan fingerprint density at radius 2 is 1.94 bits per heavy atom. The first-order valence-corrected chi connectivity index (χ1v) is 6.16. The van der Waals surface area contributed by atoms with Gasteiger partial charge in [0.2, 0.25) is 0 Å². The van der Waals surface area contributed by atoms with Gasteiger partial charge in [0, 0.05) is 6.21 Å². The third-order valence-corrected chi connectivity index (χ3v) is 2.71. The Labute approximate surface area is 108 Å². The molecule has 2 amide bonds. The van der Waals surface area contributed by atoms with Gasteiger partial charge in [-0.05, 0) is 29.4 Å². The van der Waals surface area contributed by atoms with Crippen LogP contribution >= 0.6 is 0 Å². The van der Waals surface area contributed by atoms with Gasteiger partial charge in [0.25, 0.3) is 0 Å². The Kier molecular flexibility index (Phi) is 5.36. The number of nitrogens with one attached hydrogen (secondary N) is 1. The van der Waals surface area contributed by atoms with Gasteiger partial charge in [-0.2, -0.15) is 5.10 Å². The van der Waals surface area contributed by atoms with Crippen LogP contribution in [-0.2, 0) is 6.42 Å². The van der Waals surface area contributed by atoms with E-state index in [1.165, 1.54) is 11.1 Å². The molecule has 4 nitrogen and oxygen atoms in total. The van der Waals surface area contributed by atoms with Crippen LogP contribution in [0.3, 0.4) is 0 Å². The first-order valence-electron chi connectivity index (χ1n) is 6.16. The van der Waals surface area contributed by atoms with Crippen molar-refractivity contribution in [1.82, 2.24) is 5.43 Å². The van der Waals surface area contributed by atoms with Crippen LogP contribution in [-0.4, -0.2) is 12.2 Å². The Balaban J connectivity index is 2.51. The van der Waals surface area contributed by atoms with Crippen LogP contribution in [0.25, 0.3) is 0 Å². The van der Waals surface area contributed by atoms with Gasteiger partial charge in [-0.25, -0.2) is 10.2 Å². The normalized spacial score (nSPS) is 12.9. The SMILES string of the molecule is CC(/C=N/NC(N)=O)Cc1ccc(C(C)C)cc1. The van der Waals surface area contributed by atoms with Gasteiger partial charge in [0.15, 0.2) is 0 Å². The zero-order valence-corrected chi connectivity index (χ0v) is 11.2. The molecule has 0 aliphatic rings. The Hall–Kier alpha value is -1.84. The first kappa shape index (κ1) is 14.2. The Bertz CT molecular complexity index is 410. The quantitative estimate of drug-likeness (QED) is 0.609. The topological polar surface area (TPSA) is 67.5 Å². The van der Waals surface area contributed by atoms with E-state index in [1.807, 2.05) is 6.92 Å². The van der Waals surface area contributed by atoms with Crippen molar-refractivity contribution >= 4 is 12.2 Å². The minimum Gasteiger partial charge on any atom is -0.350 e. The van der Waals surface area contributed by atoms with Crippen LogP contribution in [0.15, 0.2) is 29.4 Å². The molecule has 0 saturated heterocycles. The van der Waals surface area contributed by atoms with Crippen LogP contribution in [0.5, 0.6) is 0 Å². The summed E-state index contributed by atoms with van der Waals surface area (Å²) in [6.45, 7) is 6.40. The molecule has 0 heterocycles. The molecule has 0 fully saturated rings. The fourth-order valence-corrected chi connectivity index (χ4v) is 1.69. The number of amides is 2. The smallest absolute Gasteiger partial charge is 0.332 e. The van der Waals surface area contributed by atoms with E-state index in [0.717, 1.165) is 6.42 Å². The average molecular weight is 247 g/mol. The summed E-state index contributed by atoms with van der Waals surface area (Å²) in [4.78, 5) is 10.4. The van der Waals surface area contributed by atoms with Gasteiger partial charge < -0.3 is 5.73 Å². The summed E-state index contributed by atoms with van der Waals surface area (Å²) < 4.78 is 0. The number of nitrogens with zero attached hydrogens (tertiary/aromatic N) is 1. The second kappa shape index (κ2) is 6.79. The van der Waals surface area contributed by atoms with E-state index in [4.69, 9.17) is 5.73 Å². The van der Waals surface area contributed by atoms with Crippen LogP contribution in [0.4, 0.5) is 4.79 Å². The molecule has 1 unspecified atom stereocenters. The van der Waals surface area contributed by atoms with Crippen molar-refractivity contribution in [2.24, 2.45) is 16.8 Å². The molecule has 0 spiro atoms. The van der Waals surface area contributed by atoms with E-state index in [2.05, 4.69) is 48.6 Å². The van der Waals surface area contributed by atoms with E-state index in [9.17, 15) is 4.79 Å². The number of carbonyl (C=O) groups excluding carboxylic acids is 1. The molecule has 1 aromatic carbocycles. The Morgan fingerprint density at radius 3 is 2.44 bits per heavy atom. The molecular weight excluding hydrogens is 226 g/mol. The fourth-order valence-electron chi connectivity index (χ4n) is 1.69. The molecule has 4 heteroatoms. The van der Waals surface area contributed by atoms with Crippen LogP contribution in [0, 0.1) is 5.92 Å². The zero-order chi connectivity index (χ0) is 13.5. The number of rotatable bonds is 5. The molecule has 1 rings (SSSR count). The maximum atomic E-state index is 10.4. The van der Waals surface area contributed by atoms with Crippen molar-refractivity contribution in [3.05, 3.63) is 35.4 Å². The molecule has 3 N–H and O–H groups in total. The predicted octanol–water partition coefficient (Wildman–Crippen LogP) is 2.64. The molecule has 1 atom stereocenters. The summed E-state index contributed by atoms with van der Waals surface area (Å²) in [6.07, 6.45) is 2.59. The lowest BCUT2D eigenvalue weighted by molar-refractivity contribution is 0.249. The van der Waals surface area contributed by atoms with Crippen molar-refractivity contribution in [1.29, 1.82) is 0 Å². The number of hydrogen-bond donors (Lipinski definition) is 2. The standard InChI is InChI=1S/C14H21N3O/c1-10(2)13-6-4-12(5-7-13)8-11(3)9-16-17-14(15)18/h4-7,9-11H,8H2,1-3H3,(H3,15,17,18)/b16-9+. The highest BCUT2D eigenvalue weighted by Crippen LogP contribution is 2.16. The monoisotopic (exact) mass is 247 g/mol. The zero-order valence-electron chi connectivity index (χ0n) is 11.2. The van der Waals surface area contributed by atoms with Gasteiger partial charge in [0.05, 0.1) is 0 Å². The number of primary amides is 1. The largest absolute Gasteiger partial charge is 0.350 e. The molecular formula is C14H21N3O. The second-order valence-electron chi connectivity index (χ2n) is 4.83. The van der Waals surface area contributed by atoms with Crippen molar-refractivity contribution in [2.45, 2.75) is 33.1 Å². The molecule has 0 aliphatic heterocycles. The third-order valence-electron chi connectivity index (χ3n) is 2.71. The number of benzene rings is 1. The lowest BCUT2D eigenvalue weighted by Crippen LogP contribution is -2.24. The highest BCUT2D eigenvalue weighted by Gasteiger charge is 2.03. The fraction of sp³-hybridized carbons (Fsp3) is 0.429. The van der Waals surface area contributed by atoms with Crippen LogP contribution in [0.1, 0.15) is 37.8 Å². The number of nitrogens with two attached hydrogens (primary N) is 1. The van der Waals surface area contributed by atoms with Crippen molar-refractivity contribution in [2.75, 3.05) is 0 Å². The molecule has 0 aliphatic carbocycles. The molecule has 0 saturated carbocycles. The minimum atomic E-state index is -0.639. The van der Waals surface area contributed by atoms with Crippen molar-refractivity contribution in [3.8, 4) is 0 Å². The van der Waals surface area contributed by atoms with E-state index in [0.29, 0.717) is 5.92 Å². The van der Waals surface area contributed by atoms with E-state index in [-0.39, 0.29) is 5.92 Å². The summed E-state index contributed by atoms with van der Waals surface area (Å²) in [6, 6.07) is 7.96. The summed E-state index contributed by atoms with van der Waals surface area (Å²) in [5.41, 5.74) is 9.71. The molecule has 18 heavy (non-hydrogen) atoms. The maximum Gasteiger partial charge on any atom is 0.332 e. The molecule has 1 aromatic rings. The number of urea groups is 1. The maximum absolute atomic E-state index is 10.4. The summed E-state index contributed by atoms with van der Waals surface area (Å²) in [5.74, 6) is 0.805. The van der Waals surface area contributed by atoms with Crippen LogP contribution < -0.4 is 11.2 Å². The van der Waals surface area contributed by atoms with Gasteiger partial charge in [-0.1, -0.05) is 45.0 Å². The summed E-state index contributed by atoms with van der Waals surface area (Å²) >= 11 is 0. The number of hydrogen-bond acceptors (Lipinski definition) is 2. The lowest BCUT2D eigenvalue weighted by atomic mass is 9.97. The third kappa shape index (κ3) is 4.99. The van der Waals surface area contributed by atoms with Gasteiger partial charge >= 0.3 is 6.03 Å². The number of hydrazone groups is 1. The number of carbonyl (C=O) groups is 1. The van der Waals surface area contributed by atoms with E-state index in [1.54, 1.807) is 6.21 Å². The van der Waals surface area contributed by atoms with Crippen molar-refractivity contribution < 1.29 is 4.79 Å². The molecule has 0 bridgehead atoms. The van der Waals surface area contributed by atoms with E-state index < -0.39 is 6.03 Å². The minimum absolute atomic E-state index is 0.252. The van der Waals surface area contributed by atoms with Crippen LogP contribution in [0.2, 0.25) is 0 Å². The predicted molar refractivity (Wildman–Crippen MR) is 74.6 cm³/mol. The van der Waals surface area contributed by atoms with E-state index >= 15 is 0 Å². The van der Waals surface area contributed by atoms with Gasteiger partial charge in [-0.15, -0.1) is 0 Å². The Morgan fingerprint density at radius 1 is 1.33 bits per heavy atom. The highest BCUT2D eigenvalue weighted by molar-refractivity contribution is 5.73. The van der Waals surface area contributed by atoms with Crippen molar-refractivity contribution in [3.63, 3.8) is 0 Å². The van der Waals surface area contributed by atoms with Gasteiger partial charge in [0.1, 0.15) is 0 Å². The lowest BCUT2D eigenvalue weighted by Gasteiger charge is -2.09. The average Bonchev–Trinajstić information content (AvgIpc) is 2.29. The molecule has 0 radical (unpaired) electrons. The summed E-state index contributed by atoms with van der Waals surface area (Å²) in [7, 11) is 0. The van der Waals surface area contributed by atoms with Gasteiger partial charge in [-0.3, -0.25) is 0 Å².